The molecule has 0 atom stereocenters. The molecule has 1 aromatic rings. The van der Waals surface area contributed by atoms with E-state index in [4.69, 9.17) is 5.73 Å². The number of rotatable bonds is 1. The lowest BCUT2D eigenvalue weighted by Crippen LogP contribution is -1.88. The van der Waals surface area contributed by atoms with E-state index in [2.05, 4.69) is 17.6 Å². The summed E-state index contributed by atoms with van der Waals surface area (Å²) in [7, 11) is 0. The van der Waals surface area contributed by atoms with E-state index in [1.54, 1.807) is 6.20 Å². The second-order valence-corrected chi connectivity index (χ2v) is 2.06. The molecule has 48 valence electrons. The Labute approximate surface area is 59.5 Å². The van der Waals surface area contributed by atoms with Crippen molar-refractivity contribution < 1.29 is 0 Å². The van der Waals surface area contributed by atoms with Gasteiger partial charge in [0.05, 0.1) is 17.6 Å². The molecular weight excluding hydrogens is 132 g/mol. The topological polar surface area (TPSA) is 38.9 Å². The van der Waals surface area contributed by atoms with Gasteiger partial charge in [-0.05, 0) is 12.1 Å². The molecule has 9 heavy (non-hydrogen) atoms. The minimum absolute atomic E-state index is 0.667. The van der Waals surface area contributed by atoms with Gasteiger partial charge in [0, 0.05) is 5.75 Å². The molecule has 0 amide bonds. The Bertz CT molecular complexity index is 183. The molecule has 0 fully saturated rings. The number of nitrogen functional groups attached to an aromatic ring is 1. The molecule has 1 aromatic heterocycles. The third kappa shape index (κ3) is 1.61. The maximum absolute atomic E-state index is 5.39. The first kappa shape index (κ1) is 6.42. The van der Waals surface area contributed by atoms with Gasteiger partial charge in [-0.2, -0.15) is 12.6 Å². The fourth-order valence-electron chi connectivity index (χ4n) is 0.529. The molecule has 2 N–H and O–H groups in total. The van der Waals surface area contributed by atoms with Gasteiger partial charge in [-0.25, -0.2) is 0 Å². The maximum Gasteiger partial charge on any atom is 0.0501 e. The molecule has 0 aliphatic heterocycles. The van der Waals surface area contributed by atoms with Crippen LogP contribution in [0.1, 0.15) is 5.69 Å². The zero-order chi connectivity index (χ0) is 6.69. The normalized spacial score (nSPS) is 9.44. The molecule has 0 bridgehead atoms. The zero-order valence-corrected chi connectivity index (χ0v) is 5.81. The van der Waals surface area contributed by atoms with Crippen LogP contribution in [0.5, 0.6) is 0 Å². The molecule has 0 unspecified atom stereocenters. The molecule has 1 heterocycles. The molecule has 0 spiro atoms. The largest absolute Gasteiger partial charge is 0.397 e. The number of nitrogens with two attached hydrogens (primary N) is 1. The molecule has 0 aliphatic carbocycles. The Morgan fingerprint density at radius 3 is 2.78 bits per heavy atom. The summed E-state index contributed by atoms with van der Waals surface area (Å²) in [5.41, 5.74) is 7.04. The number of nitrogens with zero attached hydrogens (tertiary/aromatic N) is 1. The molecule has 3 heteroatoms. The van der Waals surface area contributed by atoms with E-state index in [0.29, 0.717) is 11.4 Å². The monoisotopic (exact) mass is 140 g/mol. The average molecular weight is 140 g/mol. The van der Waals surface area contributed by atoms with Crippen LogP contribution >= 0.6 is 12.6 Å². The van der Waals surface area contributed by atoms with E-state index in [9.17, 15) is 0 Å². The zero-order valence-electron chi connectivity index (χ0n) is 4.91. The second kappa shape index (κ2) is 2.73. The van der Waals surface area contributed by atoms with E-state index in [-0.39, 0.29) is 0 Å². The number of anilines is 1. The Kier molecular flexibility index (Phi) is 1.95. The van der Waals surface area contributed by atoms with Crippen LogP contribution in [0, 0.1) is 0 Å². The maximum atomic E-state index is 5.39. The van der Waals surface area contributed by atoms with Crippen LogP contribution in [0.4, 0.5) is 5.69 Å². The molecule has 0 saturated carbocycles. The smallest absolute Gasteiger partial charge is 0.0501 e. The summed E-state index contributed by atoms with van der Waals surface area (Å²) in [6, 6.07) is 3.68. The molecular formula is C6H8N2S. The summed E-state index contributed by atoms with van der Waals surface area (Å²) in [5, 5.41) is 0. The Morgan fingerprint density at radius 1 is 1.56 bits per heavy atom. The molecule has 1 rings (SSSR count). The highest BCUT2D eigenvalue weighted by molar-refractivity contribution is 7.79. The Hall–Kier alpha value is -0.700. The van der Waals surface area contributed by atoms with Crippen LogP contribution in [0.3, 0.4) is 0 Å². The van der Waals surface area contributed by atoms with Gasteiger partial charge in [0.15, 0.2) is 0 Å². The lowest BCUT2D eigenvalue weighted by molar-refractivity contribution is 1.18. The second-order valence-electron chi connectivity index (χ2n) is 1.74. The summed E-state index contributed by atoms with van der Waals surface area (Å²) in [6.45, 7) is 0. The number of hydrogen-bond donors (Lipinski definition) is 2. The molecule has 0 radical (unpaired) electrons. The lowest BCUT2D eigenvalue weighted by Gasteiger charge is -1.93. The molecule has 0 aliphatic rings. The van der Waals surface area contributed by atoms with Crippen molar-refractivity contribution in [3.8, 4) is 0 Å². The van der Waals surface area contributed by atoms with E-state index >= 15 is 0 Å². The predicted octanol–water partition coefficient (Wildman–Crippen LogP) is 1.09. The summed E-state index contributed by atoms with van der Waals surface area (Å²) >= 11 is 4.04. The van der Waals surface area contributed by atoms with Crippen LogP contribution < -0.4 is 5.73 Å². The number of aromatic nitrogens is 1. The third-order valence-electron chi connectivity index (χ3n) is 1.01. The van der Waals surface area contributed by atoms with Crippen molar-refractivity contribution in [3.63, 3.8) is 0 Å². The highest BCUT2D eigenvalue weighted by atomic mass is 32.1. The van der Waals surface area contributed by atoms with Crippen LogP contribution in [-0.2, 0) is 5.75 Å². The minimum atomic E-state index is 0.667. The van der Waals surface area contributed by atoms with Crippen molar-refractivity contribution in [1.29, 1.82) is 0 Å². The van der Waals surface area contributed by atoms with Gasteiger partial charge in [-0.15, -0.1) is 0 Å². The van der Waals surface area contributed by atoms with Crippen molar-refractivity contribution in [1.82, 2.24) is 4.98 Å². The fraction of sp³-hybridized carbons (Fsp3) is 0.167. The van der Waals surface area contributed by atoms with E-state index in [0.717, 1.165) is 5.69 Å². The molecule has 0 aromatic carbocycles. The highest BCUT2D eigenvalue weighted by Crippen LogP contribution is 2.02. The summed E-state index contributed by atoms with van der Waals surface area (Å²) < 4.78 is 0. The first-order valence-corrected chi connectivity index (χ1v) is 3.27. The van der Waals surface area contributed by atoms with E-state index in [1.807, 2.05) is 12.1 Å². The fourth-order valence-corrected chi connectivity index (χ4v) is 0.717. The van der Waals surface area contributed by atoms with Gasteiger partial charge in [0.25, 0.3) is 0 Å². The predicted molar refractivity (Wildman–Crippen MR) is 41.3 cm³/mol. The van der Waals surface area contributed by atoms with Crippen LogP contribution in [-0.4, -0.2) is 4.98 Å². The first-order valence-electron chi connectivity index (χ1n) is 2.64. The Balaban J connectivity index is 2.88. The SMILES string of the molecule is Nc1ccc(CS)nc1. The van der Waals surface area contributed by atoms with Crippen molar-refractivity contribution in [2.45, 2.75) is 5.75 Å². The summed E-state index contributed by atoms with van der Waals surface area (Å²) in [5.74, 6) is 0.667. The van der Waals surface area contributed by atoms with E-state index in [1.165, 1.54) is 0 Å². The molecule has 2 nitrogen and oxygen atoms in total. The van der Waals surface area contributed by atoms with E-state index < -0.39 is 0 Å². The van der Waals surface area contributed by atoms with Crippen LogP contribution in [0.15, 0.2) is 18.3 Å². The standard InChI is InChI=1S/C6H8N2S/c7-5-1-2-6(4-9)8-3-5/h1-3,9H,4,7H2. The number of hydrogen-bond acceptors (Lipinski definition) is 3. The quantitative estimate of drug-likeness (QED) is 0.573. The van der Waals surface area contributed by atoms with Gasteiger partial charge < -0.3 is 5.73 Å². The average Bonchev–Trinajstić information content (AvgIpc) is 1.90. The van der Waals surface area contributed by atoms with Crippen molar-refractivity contribution in [2.75, 3.05) is 5.73 Å². The highest BCUT2D eigenvalue weighted by Gasteiger charge is 1.87. The first-order chi connectivity index (χ1) is 4.33. The number of thiol groups is 1. The van der Waals surface area contributed by atoms with Gasteiger partial charge in [-0.1, -0.05) is 0 Å². The van der Waals surface area contributed by atoms with Crippen LogP contribution in [0.2, 0.25) is 0 Å². The summed E-state index contributed by atoms with van der Waals surface area (Å²) in [4.78, 5) is 4.00. The number of pyridine rings is 1. The molecule has 0 saturated heterocycles. The van der Waals surface area contributed by atoms with Crippen molar-refractivity contribution >= 4 is 18.3 Å². The van der Waals surface area contributed by atoms with Gasteiger partial charge in [0.1, 0.15) is 0 Å². The van der Waals surface area contributed by atoms with Crippen molar-refractivity contribution in [3.05, 3.63) is 24.0 Å². The lowest BCUT2D eigenvalue weighted by atomic mass is 10.3. The Morgan fingerprint density at radius 2 is 2.33 bits per heavy atom. The van der Waals surface area contributed by atoms with Gasteiger partial charge in [0.2, 0.25) is 0 Å². The summed E-state index contributed by atoms with van der Waals surface area (Å²) in [6.07, 6.45) is 1.63. The third-order valence-corrected chi connectivity index (χ3v) is 1.33. The van der Waals surface area contributed by atoms with Gasteiger partial charge in [-0.3, -0.25) is 4.98 Å². The minimum Gasteiger partial charge on any atom is -0.397 e. The van der Waals surface area contributed by atoms with Gasteiger partial charge >= 0.3 is 0 Å². The van der Waals surface area contributed by atoms with Crippen LogP contribution in [0.25, 0.3) is 0 Å². The van der Waals surface area contributed by atoms with Crippen molar-refractivity contribution in [2.24, 2.45) is 0 Å².